The van der Waals surface area contributed by atoms with Crippen molar-refractivity contribution in [2.45, 2.75) is 52.6 Å². The Bertz CT molecular complexity index is 486. The third-order valence-corrected chi connectivity index (χ3v) is 4.71. The second-order valence-corrected chi connectivity index (χ2v) is 7.66. The Hall–Kier alpha value is -1.14. The van der Waals surface area contributed by atoms with Crippen LogP contribution in [-0.4, -0.2) is 41.6 Å². The van der Waals surface area contributed by atoms with Crippen molar-refractivity contribution in [3.63, 3.8) is 0 Å². The van der Waals surface area contributed by atoms with E-state index in [1.165, 1.54) is 10.7 Å². The summed E-state index contributed by atoms with van der Waals surface area (Å²) in [5.41, 5.74) is 1.20. The van der Waals surface area contributed by atoms with E-state index < -0.39 is 0 Å². The van der Waals surface area contributed by atoms with Gasteiger partial charge in [-0.15, -0.1) is 11.3 Å². The molecule has 2 rings (SSSR count). The van der Waals surface area contributed by atoms with Crippen LogP contribution in [0, 0.1) is 5.92 Å². The SMILES string of the molecule is CC(C)NC(=O)NC[C@H]1CCN(Cc2nc(C(C)C)cs2)C1. The number of amides is 2. The Kier molecular flexibility index (Phi) is 6.20. The maximum Gasteiger partial charge on any atom is 0.314 e. The molecule has 22 heavy (non-hydrogen) atoms. The molecule has 2 N–H and O–H groups in total. The Morgan fingerprint density at radius 2 is 2.23 bits per heavy atom. The van der Waals surface area contributed by atoms with Crippen molar-refractivity contribution in [3.8, 4) is 0 Å². The van der Waals surface area contributed by atoms with Crippen LogP contribution >= 0.6 is 11.3 Å². The van der Waals surface area contributed by atoms with Gasteiger partial charge in [-0.1, -0.05) is 13.8 Å². The first-order valence-corrected chi connectivity index (χ1v) is 9.03. The highest BCUT2D eigenvalue weighted by atomic mass is 32.1. The molecule has 6 heteroatoms. The van der Waals surface area contributed by atoms with Gasteiger partial charge in [0.1, 0.15) is 5.01 Å². The van der Waals surface area contributed by atoms with Crippen LogP contribution < -0.4 is 10.6 Å². The average Bonchev–Trinajstić information content (AvgIpc) is 3.05. The van der Waals surface area contributed by atoms with Crippen LogP contribution in [0.1, 0.15) is 50.7 Å². The van der Waals surface area contributed by atoms with Crippen molar-refractivity contribution in [1.29, 1.82) is 0 Å². The molecule has 1 aromatic heterocycles. The number of rotatable bonds is 6. The van der Waals surface area contributed by atoms with Gasteiger partial charge in [-0.3, -0.25) is 4.90 Å². The second kappa shape index (κ2) is 7.92. The first-order valence-electron chi connectivity index (χ1n) is 8.15. The molecule has 1 aromatic rings. The molecule has 0 aliphatic carbocycles. The van der Waals surface area contributed by atoms with Crippen molar-refractivity contribution in [2.24, 2.45) is 5.92 Å². The van der Waals surface area contributed by atoms with Gasteiger partial charge in [-0.2, -0.15) is 0 Å². The van der Waals surface area contributed by atoms with E-state index in [1.807, 2.05) is 13.8 Å². The minimum absolute atomic E-state index is 0.0602. The van der Waals surface area contributed by atoms with Crippen LogP contribution in [0.25, 0.3) is 0 Å². The lowest BCUT2D eigenvalue weighted by atomic mass is 10.1. The Morgan fingerprint density at radius 3 is 2.86 bits per heavy atom. The van der Waals surface area contributed by atoms with Crippen molar-refractivity contribution >= 4 is 17.4 Å². The molecule has 0 aromatic carbocycles. The van der Waals surface area contributed by atoms with E-state index in [2.05, 4.69) is 34.8 Å². The van der Waals surface area contributed by atoms with Gasteiger partial charge in [-0.25, -0.2) is 9.78 Å². The molecule has 124 valence electrons. The topological polar surface area (TPSA) is 57.3 Å². The maximum absolute atomic E-state index is 11.6. The van der Waals surface area contributed by atoms with Gasteiger partial charge in [0.25, 0.3) is 0 Å². The number of hydrogen-bond donors (Lipinski definition) is 2. The smallest absolute Gasteiger partial charge is 0.314 e. The molecular weight excluding hydrogens is 296 g/mol. The number of carbonyl (C=O) groups is 1. The fourth-order valence-electron chi connectivity index (χ4n) is 2.63. The van der Waals surface area contributed by atoms with Gasteiger partial charge in [-0.05, 0) is 38.6 Å². The van der Waals surface area contributed by atoms with Gasteiger partial charge in [0.05, 0.1) is 12.2 Å². The van der Waals surface area contributed by atoms with Crippen LogP contribution in [-0.2, 0) is 6.54 Å². The lowest BCUT2D eigenvalue weighted by Crippen LogP contribution is -2.41. The Morgan fingerprint density at radius 1 is 1.45 bits per heavy atom. The van der Waals surface area contributed by atoms with E-state index in [4.69, 9.17) is 4.98 Å². The van der Waals surface area contributed by atoms with E-state index in [0.29, 0.717) is 11.8 Å². The highest BCUT2D eigenvalue weighted by Gasteiger charge is 2.23. The molecule has 1 aliphatic heterocycles. The molecule has 0 saturated carbocycles. The first-order chi connectivity index (χ1) is 10.4. The fourth-order valence-corrected chi connectivity index (χ4v) is 3.62. The van der Waals surface area contributed by atoms with Gasteiger partial charge < -0.3 is 10.6 Å². The molecule has 2 amide bonds. The second-order valence-electron chi connectivity index (χ2n) is 6.72. The molecule has 5 nitrogen and oxygen atoms in total. The zero-order valence-corrected chi connectivity index (χ0v) is 14.9. The van der Waals surface area contributed by atoms with Crippen LogP contribution in [0.2, 0.25) is 0 Å². The molecule has 1 atom stereocenters. The van der Waals surface area contributed by atoms with E-state index >= 15 is 0 Å². The highest BCUT2D eigenvalue weighted by molar-refractivity contribution is 7.09. The molecule has 1 fully saturated rings. The molecule has 0 unspecified atom stereocenters. The van der Waals surface area contributed by atoms with Gasteiger partial charge >= 0.3 is 6.03 Å². The van der Waals surface area contributed by atoms with Crippen LogP contribution in [0.3, 0.4) is 0 Å². The van der Waals surface area contributed by atoms with Gasteiger partial charge in [0, 0.05) is 24.5 Å². The van der Waals surface area contributed by atoms with Gasteiger partial charge in [0.2, 0.25) is 0 Å². The number of thiazole rings is 1. The summed E-state index contributed by atoms with van der Waals surface area (Å²) >= 11 is 1.76. The lowest BCUT2D eigenvalue weighted by Gasteiger charge is -2.15. The van der Waals surface area contributed by atoms with Crippen molar-refractivity contribution in [3.05, 3.63) is 16.1 Å². The molecule has 2 heterocycles. The molecule has 0 spiro atoms. The molecule has 1 saturated heterocycles. The first kappa shape index (κ1) is 17.2. The largest absolute Gasteiger partial charge is 0.338 e. The highest BCUT2D eigenvalue weighted by Crippen LogP contribution is 2.22. The zero-order valence-electron chi connectivity index (χ0n) is 14.1. The van der Waals surface area contributed by atoms with Crippen LogP contribution in [0.15, 0.2) is 5.38 Å². The summed E-state index contributed by atoms with van der Waals surface area (Å²) in [6, 6.07) is 0.120. The number of hydrogen-bond acceptors (Lipinski definition) is 4. The zero-order chi connectivity index (χ0) is 16.1. The van der Waals surface area contributed by atoms with Gasteiger partial charge in [0.15, 0.2) is 0 Å². The predicted octanol–water partition coefficient (Wildman–Crippen LogP) is 2.80. The monoisotopic (exact) mass is 324 g/mol. The third kappa shape index (κ3) is 5.25. The third-order valence-electron chi connectivity index (χ3n) is 3.86. The summed E-state index contributed by atoms with van der Waals surface area (Å²) in [5, 5.41) is 9.20. The summed E-state index contributed by atoms with van der Waals surface area (Å²) in [7, 11) is 0. The number of nitrogens with zero attached hydrogens (tertiary/aromatic N) is 2. The van der Waals surface area contributed by atoms with Crippen molar-refractivity contribution < 1.29 is 4.79 Å². The average molecular weight is 324 g/mol. The normalized spacial score (nSPS) is 19.1. The Labute approximate surface area is 137 Å². The predicted molar refractivity (Wildman–Crippen MR) is 91.3 cm³/mol. The quantitative estimate of drug-likeness (QED) is 0.846. The molecule has 0 radical (unpaired) electrons. The number of nitrogens with one attached hydrogen (secondary N) is 2. The maximum atomic E-state index is 11.6. The minimum Gasteiger partial charge on any atom is -0.338 e. The number of carbonyl (C=O) groups excluding carboxylic acids is 1. The lowest BCUT2D eigenvalue weighted by molar-refractivity contribution is 0.236. The summed E-state index contributed by atoms with van der Waals surface area (Å²) < 4.78 is 0. The van der Waals surface area contributed by atoms with Crippen LogP contribution in [0.5, 0.6) is 0 Å². The summed E-state index contributed by atoms with van der Waals surface area (Å²) in [6.45, 7) is 12.1. The Balaban J connectivity index is 1.72. The molecule has 0 bridgehead atoms. The van der Waals surface area contributed by atoms with E-state index in [9.17, 15) is 4.79 Å². The van der Waals surface area contributed by atoms with E-state index in [-0.39, 0.29) is 12.1 Å². The summed E-state index contributed by atoms with van der Waals surface area (Å²) in [6.07, 6.45) is 1.14. The number of aromatic nitrogens is 1. The minimum atomic E-state index is -0.0602. The van der Waals surface area contributed by atoms with Crippen molar-refractivity contribution in [1.82, 2.24) is 20.5 Å². The number of likely N-dealkylation sites (tertiary alicyclic amines) is 1. The van der Waals surface area contributed by atoms with E-state index in [0.717, 1.165) is 32.6 Å². The summed E-state index contributed by atoms with van der Waals surface area (Å²) in [5.74, 6) is 1.04. The van der Waals surface area contributed by atoms with Crippen molar-refractivity contribution in [2.75, 3.05) is 19.6 Å². The molecular formula is C16H28N4OS. The summed E-state index contributed by atoms with van der Waals surface area (Å²) in [4.78, 5) is 18.7. The van der Waals surface area contributed by atoms with E-state index in [1.54, 1.807) is 11.3 Å². The number of urea groups is 1. The van der Waals surface area contributed by atoms with Crippen LogP contribution in [0.4, 0.5) is 4.79 Å². The standard InChI is InChI=1S/C16H28N4OS/c1-11(2)14-10-22-15(19-14)9-20-6-5-13(8-20)7-17-16(21)18-12(3)4/h10-13H,5-9H2,1-4H3,(H2,17,18,21)/t13-/m1/s1. The molecule has 1 aliphatic rings. The fraction of sp³-hybridized carbons (Fsp3) is 0.750.